The van der Waals surface area contributed by atoms with E-state index in [0.29, 0.717) is 29.8 Å². The Morgan fingerprint density at radius 1 is 1.23 bits per heavy atom. The molecule has 4 rings (SSSR count). The Balaban J connectivity index is 1.55. The first-order valence-electron chi connectivity index (χ1n) is 8.17. The van der Waals surface area contributed by atoms with Gasteiger partial charge in [-0.1, -0.05) is 22.8 Å². The van der Waals surface area contributed by atoms with Gasteiger partial charge in [0.05, 0.1) is 15.7 Å². The fourth-order valence-electron chi connectivity index (χ4n) is 3.02. The third-order valence-electron chi connectivity index (χ3n) is 4.37. The summed E-state index contributed by atoms with van der Waals surface area (Å²) < 4.78 is 32.7. The van der Waals surface area contributed by atoms with E-state index in [2.05, 4.69) is 10.1 Å². The Kier molecular flexibility index (Phi) is 4.83. The Morgan fingerprint density at radius 3 is 2.77 bits per heavy atom. The topological polar surface area (TPSA) is 76.3 Å². The third-order valence-corrected chi connectivity index (χ3v) is 7.37. The van der Waals surface area contributed by atoms with E-state index in [9.17, 15) is 8.42 Å². The molecule has 1 atom stereocenters. The Labute approximate surface area is 160 Å². The lowest BCUT2D eigenvalue weighted by Crippen LogP contribution is -2.39. The van der Waals surface area contributed by atoms with Crippen LogP contribution in [0.2, 0.25) is 5.02 Å². The van der Waals surface area contributed by atoms with Crippen LogP contribution in [0.15, 0.2) is 51.2 Å². The highest BCUT2D eigenvalue weighted by molar-refractivity contribution is 7.89. The maximum Gasteiger partial charge on any atom is 0.243 e. The van der Waals surface area contributed by atoms with Crippen molar-refractivity contribution in [2.24, 2.45) is 0 Å². The molecule has 3 aromatic rings. The van der Waals surface area contributed by atoms with Gasteiger partial charge in [0.2, 0.25) is 21.7 Å². The molecular formula is C17H16ClN3O3S2. The number of benzene rings is 1. The van der Waals surface area contributed by atoms with Crippen molar-refractivity contribution in [2.45, 2.75) is 23.7 Å². The van der Waals surface area contributed by atoms with Gasteiger partial charge in [-0.15, -0.1) is 11.3 Å². The molecule has 0 saturated carbocycles. The van der Waals surface area contributed by atoms with Crippen molar-refractivity contribution in [3.8, 4) is 10.7 Å². The summed E-state index contributed by atoms with van der Waals surface area (Å²) in [5.74, 6) is 0.934. The predicted octanol–water partition coefficient (Wildman–Crippen LogP) is 4.02. The first-order valence-corrected chi connectivity index (χ1v) is 10.9. The van der Waals surface area contributed by atoms with E-state index in [0.717, 1.165) is 17.7 Å². The fourth-order valence-corrected chi connectivity index (χ4v) is 5.32. The zero-order valence-electron chi connectivity index (χ0n) is 13.7. The van der Waals surface area contributed by atoms with Crippen LogP contribution < -0.4 is 0 Å². The van der Waals surface area contributed by atoms with Crippen molar-refractivity contribution in [3.05, 3.63) is 52.7 Å². The van der Waals surface area contributed by atoms with Crippen molar-refractivity contribution in [1.82, 2.24) is 14.4 Å². The van der Waals surface area contributed by atoms with E-state index in [1.165, 1.54) is 27.8 Å². The molecule has 136 valence electrons. The van der Waals surface area contributed by atoms with E-state index in [-0.39, 0.29) is 10.8 Å². The molecule has 2 aromatic heterocycles. The summed E-state index contributed by atoms with van der Waals surface area (Å²) in [7, 11) is -3.57. The highest BCUT2D eigenvalue weighted by atomic mass is 35.5. The minimum Gasteiger partial charge on any atom is -0.339 e. The summed E-state index contributed by atoms with van der Waals surface area (Å²) in [5, 5.41) is 6.49. The zero-order valence-corrected chi connectivity index (χ0v) is 16.1. The lowest BCUT2D eigenvalue weighted by atomic mass is 10.00. The SMILES string of the molecule is O=S(=O)(c1ccc(Cl)cc1)N1CCC[C@H](c2nc(-c3cccs3)no2)C1. The first kappa shape index (κ1) is 17.7. The van der Waals surface area contributed by atoms with Crippen LogP contribution in [0.3, 0.4) is 0 Å². The van der Waals surface area contributed by atoms with Gasteiger partial charge in [0.15, 0.2) is 0 Å². The van der Waals surface area contributed by atoms with Crippen LogP contribution in [0.5, 0.6) is 0 Å². The minimum absolute atomic E-state index is 0.105. The Bertz CT molecular complexity index is 985. The lowest BCUT2D eigenvalue weighted by Gasteiger charge is -2.30. The number of sulfonamides is 1. The van der Waals surface area contributed by atoms with Gasteiger partial charge in [-0.3, -0.25) is 0 Å². The van der Waals surface area contributed by atoms with Gasteiger partial charge < -0.3 is 4.52 Å². The molecule has 0 radical (unpaired) electrons. The van der Waals surface area contributed by atoms with Crippen LogP contribution in [-0.2, 0) is 10.0 Å². The number of piperidine rings is 1. The van der Waals surface area contributed by atoms with Gasteiger partial charge >= 0.3 is 0 Å². The second kappa shape index (κ2) is 7.11. The summed E-state index contributed by atoms with van der Waals surface area (Å²) in [6, 6.07) is 10.1. The Morgan fingerprint density at radius 2 is 2.04 bits per heavy atom. The highest BCUT2D eigenvalue weighted by Crippen LogP contribution is 2.31. The molecule has 1 aliphatic heterocycles. The Hall–Kier alpha value is -1.74. The van der Waals surface area contributed by atoms with Gasteiger partial charge in [0.25, 0.3) is 0 Å². The molecule has 1 aromatic carbocycles. The van der Waals surface area contributed by atoms with Crippen LogP contribution in [-0.4, -0.2) is 36.0 Å². The molecule has 6 nitrogen and oxygen atoms in total. The van der Waals surface area contributed by atoms with E-state index in [1.54, 1.807) is 12.1 Å². The average Bonchev–Trinajstić information content (AvgIpc) is 3.34. The van der Waals surface area contributed by atoms with Crippen LogP contribution in [0.4, 0.5) is 0 Å². The van der Waals surface area contributed by atoms with Crippen LogP contribution >= 0.6 is 22.9 Å². The first-order chi connectivity index (χ1) is 12.5. The molecule has 0 unspecified atom stereocenters. The van der Waals surface area contributed by atoms with Crippen molar-refractivity contribution in [3.63, 3.8) is 0 Å². The molecule has 1 saturated heterocycles. The normalized spacial score (nSPS) is 18.9. The standard InChI is InChI=1S/C17H16ClN3O3S2/c18-13-5-7-14(8-6-13)26(22,23)21-9-1-3-12(11-21)17-19-16(20-24-17)15-4-2-10-25-15/h2,4-8,10,12H,1,3,9,11H2/t12-/m0/s1. The van der Waals surface area contributed by atoms with Crippen LogP contribution in [0, 0.1) is 0 Å². The third kappa shape index (κ3) is 3.42. The van der Waals surface area contributed by atoms with Gasteiger partial charge in [0.1, 0.15) is 0 Å². The number of hydrogen-bond donors (Lipinski definition) is 0. The second-order valence-electron chi connectivity index (χ2n) is 6.09. The number of hydrogen-bond acceptors (Lipinski definition) is 6. The number of nitrogens with zero attached hydrogens (tertiary/aromatic N) is 3. The van der Waals surface area contributed by atoms with Gasteiger partial charge in [-0.25, -0.2) is 8.42 Å². The van der Waals surface area contributed by atoms with Crippen molar-refractivity contribution < 1.29 is 12.9 Å². The molecule has 0 spiro atoms. The number of rotatable bonds is 4. The quantitative estimate of drug-likeness (QED) is 0.650. The molecule has 0 amide bonds. The summed E-state index contributed by atoms with van der Waals surface area (Å²) in [4.78, 5) is 5.65. The van der Waals surface area contributed by atoms with E-state index >= 15 is 0 Å². The number of thiophene rings is 1. The molecule has 0 aliphatic carbocycles. The predicted molar refractivity (Wildman–Crippen MR) is 99.8 cm³/mol. The monoisotopic (exact) mass is 409 g/mol. The minimum atomic E-state index is -3.57. The summed E-state index contributed by atoms with van der Waals surface area (Å²) in [6.45, 7) is 0.810. The van der Waals surface area contributed by atoms with Crippen LogP contribution in [0.1, 0.15) is 24.7 Å². The second-order valence-corrected chi connectivity index (χ2v) is 9.41. The molecule has 26 heavy (non-hydrogen) atoms. The van der Waals surface area contributed by atoms with Crippen molar-refractivity contribution in [1.29, 1.82) is 0 Å². The van der Waals surface area contributed by atoms with E-state index < -0.39 is 10.0 Å². The largest absolute Gasteiger partial charge is 0.339 e. The summed E-state index contributed by atoms with van der Waals surface area (Å²) in [5.41, 5.74) is 0. The maximum atomic E-state index is 12.9. The average molecular weight is 410 g/mol. The number of halogens is 1. The molecule has 0 bridgehead atoms. The summed E-state index contributed by atoms with van der Waals surface area (Å²) >= 11 is 7.40. The van der Waals surface area contributed by atoms with Crippen molar-refractivity contribution in [2.75, 3.05) is 13.1 Å². The summed E-state index contributed by atoms with van der Waals surface area (Å²) in [6.07, 6.45) is 1.56. The molecule has 9 heteroatoms. The smallest absolute Gasteiger partial charge is 0.243 e. The van der Waals surface area contributed by atoms with Gasteiger partial charge in [0, 0.05) is 18.1 Å². The van der Waals surface area contributed by atoms with Crippen LogP contribution in [0.25, 0.3) is 10.7 Å². The maximum absolute atomic E-state index is 12.9. The molecule has 1 fully saturated rings. The fraction of sp³-hybridized carbons (Fsp3) is 0.294. The van der Waals surface area contributed by atoms with Crippen molar-refractivity contribution >= 4 is 33.0 Å². The molecular weight excluding hydrogens is 394 g/mol. The molecule has 0 N–H and O–H groups in total. The van der Waals surface area contributed by atoms with E-state index in [4.69, 9.17) is 16.1 Å². The lowest BCUT2D eigenvalue weighted by molar-refractivity contribution is 0.265. The zero-order chi connectivity index (χ0) is 18.1. The van der Waals surface area contributed by atoms with E-state index in [1.807, 2.05) is 17.5 Å². The molecule has 1 aliphatic rings. The highest BCUT2D eigenvalue weighted by Gasteiger charge is 2.33. The van der Waals surface area contributed by atoms with Gasteiger partial charge in [-0.2, -0.15) is 9.29 Å². The number of aromatic nitrogens is 2. The van der Waals surface area contributed by atoms with Gasteiger partial charge in [-0.05, 0) is 48.6 Å². The molecule has 3 heterocycles.